The van der Waals surface area contributed by atoms with Gasteiger partial charge < -0.3 is 4.57 Å². The molecular weight excluding hydrogens is 396 g/mol. The van der Waals surface area contributed by atoms with Crippen molar-refractivity contribution < 1.29 is 8.42 Å². The molecule has 28 heavy (non-hydrogen) atoms. The summed E-state index contributed by atoms with van der Waals surface area (Å²) in [5.41, 5.74) is 2.09. The maximum atomic E-state index is 13.3. The van der Waals surface area contributed by atoms with Gasteiger partial charge in [0.15, 0.2) is 0 Å². The van der Waals surface area contributed by atoms with Crippen LogP contribution in [0.3, 0.4) is 0 Å². The first kappa shape index (κ1) is 19.1. The standard InChI is InChI=1S/C20H21ClN4O2S/c1-15-13-23-20(24(15)14-16-8-10-22-11-9-16)18-6-4-12-25(18)28(26,27)19-7-3-2-5-17(19)21/h2-3,5,7-11,13,18H,4,6,12,14H2,1H3. The fourth-order valence-corrected chi connectivity index (χ4v) is 5.84. The quantitative estimate of drug-likeness (QED) is 0.634. The average molecular weight is 417 g/mol. The minimum Gasteiger partial charge on any atom is -0.327 e. The van der Waals surface area contributed by atoms with Gasteiger partial charge in [-0.25, -0.2) is 13.4 Å². The van der Waals surface area contributed by atoms with Gasteiger partial charge in [-0.05, 0) is 49.6 Å². The van der Waals surface area contributed by atoms with Gasteiger partial charge in [0.25, 0.3) is 0 Å². The monoisotopic (exact) mass is 416 g/mol. The van der Waals surface area contributed by atoms with Gasteiger partial charge in [-0.1, -0.05) is 23.7 Å². The highest BCUT2D eigenvalue weighted by atomic mass is 35.5. The second-order valence-electron chi connectivity index (χ2n) is 6.90. The Bertz CT molecular complexity index is 1080. The summed E-state index contributed by atoms with van der Waals surface area (Å²) >= 11 is 6.19. The second kappa shape index (κ2) is 7.66. The first-order valence-electron chi connectivity index (χ1n) is 9.16. The molecule has 4 rings (SSSR count). The highest BCUT2D eigenvalue weighted by molar-refractivity contribution is 7.89. The molecule has 0 amide bonds. The van der Waals surface area contributed by atoms with Gasteiger partial charge in [0.05, 0.1) is 11.1 Å². The van der Waals surface area contributed by atoms with Gasteiger partial charge in [-0.15, -0.1) is 0 Å². The molecule has 1 unspecified atom stereocenters. The molecule has 1 aliphatic rings. The Hall–Kier alpha value is -2.22. The molecule has 0 N–H and O–H groups in total. The summed E-state index contributed by atoms with van der Waals surface area (Å²) in [5.74, 6) is 0.766. The molecule has 6 nitrogen and oxygen atoms in total. The van der Waals surface area contributed by atoms with Crippen LogP contribution in [0.4, 0.5) is 0 Å². The molecular formula is C20H21ClN4O2S. The summed E-state index contributed by atoms with van der Waals surface area (Å²) in [4.78, 5) is 8.79. The summed E-state index contributed by atoms with van der Waals surface area (Å²) in [5, 5.41) is 0.240. The predicted molar refractivity (Wildman–Crippen MR) is 108 cm³/mol. The second-order valence-corrected chi connectivity index (χ2v) is 9.17. The first-order valence-corrected chi connectivity index (χ1v) is 11.0. The van der Waals surface area contributed by atoms with E-state index in [0.29, 0.717) is 13.1 Å². The minimum absolute atomic E-state index is 0.146. The van der Waals surface area contributed by atoms with E-state index in [1.807, 2.05) is 19.1 Å². The number of hydrogen-bond donors (Lipinski definition) is 0. The van der Waals surface area contributed by atoms with E-state index in [1.165, 1.54) is 0 Å². The maximum Gasteiger partial charge on any atom is 0.245 e. The maximum absolute atomic E-state index is 13.3. The van der Waals surface area contributed by atoms with Crippen LogP contribution in [0, 0.1) is 6.92 Å². The predicted octanol–water partition coefficient (Wildman–Crippen LogP) is 3.81. The van der Waals surface area contributed by atoms with Crippen LogP contribution in [0.25, 0.3) is 0 Å². The van der Waals surface area contributed by atoms with Crippen LogP contribution in [0.1, 0.15) is 36.0 Å². The number of halogens is 1. The lowest BCUT2D eigenvalue weighted by atomic mass is 10.2. The molecule has 0 spiro atoms. The van der Waals surface area contributed by atoms with Gasteiger partial charge in [0.1, 0.15) is 10.7 Å². The highest BCUT2D eigenvalue weighted by Gasteiger charge is 2.39. The lowest BCUT2D eigenvalue weighted by Gasteiger charge is -2.25. The van der Waals surface area contributed by atoms with E-state index in [9.17, 15) is 8.42 Å². The largest absolute Gasteiger partial charge is 0.327 e. The number of rotatable bonds is 5. The molecule has 1 fully saturated rings. The Kier molecular flexibility index (Phi) is 5.23. The SMILES string of the molecule is Cc1cnc(C2CCCN2S(=O)(=O)c2ccccc2Cl)n1Cc1ccncc1. The Morgan fingerprint density at radius 2 is 1.93 bits per heavy atom. The summed E-state index contributed by atoms with van der Waals surface area (Å²) < 4.78 is 30.2. The first-order chi connectivity index (χ1) is 13.5. The lowest BCUT2D eigenvalue weighted by Crippen LogP contribution is -2.32. The van der Waals surface area contributed by atoms with Crippen molar-refractivity contribution in [2.45, 2.75) is 37.2 Å². The van der Waals surface area contributed by atoms with E-state index < -0.39 is 10.0 Å². The van der Waals surface area contributed by atoms with Gasteiger partial charge in [0, 0.05) is 37.4 Å². The van der Waals surface area contributed by atoms with E-state index in [2.05, 4.69) is 14.5 Å². The van der Waals surface area contributed by atoms with Crippen molar-refractivity contribution in [3.63, 3.8) is 0 Å². The number of aromatic nitrogens is 3. The summed E-state index contributed by atoms with van der Waals surface area (Å²) in [6, 6.07) is 10.2. The third kappa shape index (κ3) is 3.45. The third-order valence-corrected chi connectivity index (χ3v) is 7.51. The molecule has 0 aliphatic carbocycles. The summed E-state index contributed by atoms with van der Waals surface area (Å²) in [7, 11) is -3.71. The van der Waals surface area contributed by atoms with Crippen LogP contribution in [0.5, 0.6) is 0 Å². The number of nitrogens with zero attached hydrogens (tertiary/aromatic N) is 4. The molecule has 3 aromatic rings. The van der Waals surface area contributed by atoms with Gasteiger partial charge >= 0.3 is 0 Å². The molecule has 146 valence electrons. The molecule has 2 aromatic heterocycles. The van der Waals surface area contributed by atoms with Crippen LogP contribution in [0.15, 0.2) is 59.9 Å². The van der Waals surface area contributed by atoms with E-state index in [1.54, 1.807) is 47.2 Å². The van der Waals surface area contributed by atoms with Crippen molar-refractivity contribution in [2.75, 3.05) is 6.54 Å². The number of hydrogen-bond acceptors (Lipinski definition) is 4. The zero-order valence-corrected chi connectivity index (χ0v) is 17.1. The van der Waals surface area contributed by atoms with E-state index in [0.717, 1.165) is 29.9 Å². The van der Waals surface area contributed by atoms with E-state index in [4.69, 9.17) is 11.6 Å². The molecule has 1 aliphatic heterocycles. The molecule has 1 atom stereocenters. The van der Waals surface area contributed by atoms with Crippen molar-refractivity contribution in [3.8, 4) is 0 Å². The van der Waals surface area contributed by atoms with Gasteiger partial charge in [-0.2, -0.15) is 4.31 Å². The van der Waals surface area contributed by atoms with Gasteiger partial charge in [0.2, 0.25) is 10.0 Å². The van der Waals surface area contributed by atoms with Crippen molar-refractivity contribution in [3.05, 3.63) is 77.1 Å². The number of imidazole rings is 1. The third-order valence-electron chi connectivity index (χ3n) is 5.10. The van der Waals surface area contributed by atoms with Crippen LogP contribution in [-0.4, -0.2) is 33.8 Å². The average Bonchev–Trinajstić information content (AvgIpc) is 3.31. The normalized spacial score (nSPS) is 17.9. The Morgan fingerprint density at radius 3 is 2.68 bits per heavy atom. The molecule has 1 aromatic carbocycles. The molecule has 0 saturated carbocycles. The molecule has 1 saturated heterocycles. The van der Waals surface area contributed by atoms with Crippen molar-refractivity contribution >= 4 is 21.6 Å². The smallest absolute Gasteiger partial charge is 0.245 e. The molecule has 8 heteroatoms. The van der Waals surface area contributed by atoms with Crippen LogP contribution >= 0.6 is 11.6 Å². The lowest BCUT2D eigenvalue weighted by molar-refractivity contribution is 0.374. The molecule has 0 radical (unpaired) electrons. The summed E-state index contributed by atoms with van der Waals surface area (Å²) in [6.07, 6.45) is 6.83. The van der Waals surface area contributed by atoms with Crippen LogP contribution < -0.4 is 0 Å². The number of aryl methyl sites for hydroxylation is 1. The van der Waals surface area contributed by atoms with Gasteiger partial charge in [-0.3, -0.25) is 4.98 Å². The zero-order chi connectivity index (χ0) is 19.7. The van der Waals surface area contributed by atoms with Crippen molar-refractivity contribution in [2.24, 2.45) is 0 Å². The zero-order valence-electron chi connectivity index (χ0n) is 15.5. The Labute approximate surface area is 169 Å². The Morgan fingerprint density at radius 1 is 1.18 bits per heavy atom. The van der Waals surface area contributed by atoms with Crippen LogP contribution in [-0.2, 0) is 16.6 Å². The Balaban J connectivity index is 1.71. The van der Waals surface area contributed by atoms with Crippen molar-refractivity contribution in [1.29, 1.82) is 0 Å². The molecule has 3 heterocycles. The van der Waals surface area contributed by atoms with E-state index >= 15 is 0 Å². The van der Waals surface area contributed by atoms with Crippen LogP contribution in [0.2, 0.25) is 5.02 Å². The topological polar surface area (TPSA) is 68.1 Å². The number of pyridine rings is 1. The van der Waals surface area contributed by atoms with Crippen molar-refractivity contribution in [1.82, 2.24) is 18.8 Å². The summed E-state index contributed by atoms with van der Waals surface area (Å²) in [6.45, 7) is 3.07. The van der Waals surface area contributed by atoms with E-state index in [-0.39, 0.29) is 16.0 Å². The number of benzene rings is 1. The minimum atomic E-state index is -3.71. The highest BCUT2D eigenvalue weighted by Crippen LogP contribution is 2.38. The fourth-order valence-electron chi connectivity index (χ4n) is 3.69. The number of sulfonamides is 1. The molecule has 0 bridgehead atoms. The fraction of sp³-hybridized carbons (Fsp3) is 0.300.